The van der Waals surface area contributed by atoms with Gasteiger partial charge in [-0.2, -0.15) is 0 Å². The van der Waals surface area contributed by atoms with Gasteiger partial charge in [-0.25, -0.2) is 0 Å². The fourth-order valence-corrected chi connectivity index (χ4v) is 2.55. The summed E-state index contributed by atoms with van der Waals surface area (Å²) >= 11 is 0. The molecule has 3 rings (SSSR count). The van der Waals surface area contributed by atoms with Crippen LogP contribution in [-0.4, -0.2) is 24.6 Å². The van der Waals surface area contributed by atoms with E-state index < -0.39 is 0 Å². The first kappa shape index (κ1) is 16.7. The number of amides is 1. The van der Waals surface area contributed by atoms with Crippen molar-refractivity contribution in [3.63, 3.8) is 0 Å². The van der Waals surface area contributed by atoms with Gasteiger partial charge in [0, 0.05) is 24.2 Å². The van der Waals surface area contributed by atoms with Crippen molar-refractivity contribution in [2.75, 3.05) is 19.0 Å². The van der Waals surface area contributed by atoms with Crippen molar-refractivity contribution in [2.45, 2.75) is 6.61 Å². The maximum atomic E-state index is 12.0. The smallest absolute Gasteiger partial charge is 0.262 e. The first-order valence-electron chi connectivity index (χ1n) is 7.78. The van der Waals surface area contributed by atoms with E-state index in [4.69, 9.17) is 9.47 Å². The average Bonchev–Trinajstić information content (AvgIpc) is 2.61. The number of hydrogen-bond acceptors (Lipinski definition) is 4. The lowest BCUT2D eigenvalue weighted by atomic mass is 10.1. The van der Waals surface area contributed by atoms with E-state index in [1.54, 1.807) is 31.4 Å². The summed E-state index contributed by atoms with van der Waals surface area (Å²) in [5.41, 5.74) is 1.81. The zero-order valence-electron chi connectivity index (χ0n) is 13.7. The molecule has 0 bridgehead atoms. The number of nitrogens with one attached hydrogen (secondary N) is 2. The number of anilines is 1. The molecule has 128 valence electrons. The third-order valence-electron chi connectivity index (χ3n) is 3.63. The van der Waals surface area contributed by atoms with Gasteiger partial charge >= 0.3 is 0 Å². The SMILES string of the molecule is COCc1cc(=O)[nH]c2cc(NC(=O)COc3ccccc3)ccc12. The number of pyridine rings is 1. The van der Waals surface area contributed by atoms with Gasteiger partial charge < -0.3 is 19.8 Å². The minimum atomic E-state index is -0.279. The zero-order chi connectivity index (χ0) is 17.6. The van der Waals surface area contributed by atoms with Gasteiger partial charge in [-0.1, -0.05) is 24.3 Å². The molecule has 0 saturated carbocycles. The number of hydrogen-bond donors (Lipinski definition) is 2. The van der Waals surface area contributed by atoms with Crippen molar-refractivity contribution in [3.8, 4) is 5.75 Å². The topological polar surface area (TPSA) is 80.4 Å². The van der Waals surface area contributed by atoms with Crippen molar-refractivity contribution >= 4 is 22.5 Å². The Labute approximate surface area is 144 Å². The number of aromatic amines is 1. The molecule has 0 saturated heterocycles. The van der Waals surface area contributed by atoms with Crippen LogP contribution >= 0.6 is 0 Å². The van der Waals surface area contributed by atoms with E-state index in [0.717, 1.165) is 10.9 Å². The third kappa shape index (κ3) is 4.24. The molecule has 1 amide bonds. The van der Waals surface area contributed by atoms with Crippen LogP contribution in [0.1, 0.15) is 5.56 Å². The molecular formula is C19H18N2O4. The van der Waals surface area contributed by atoms with Crippen LogP contribution in [0.15, 0.2) is 59.4 Å². The summed E-state index contributed by atoms with van der Waals surface area (Å²) in [6, 6.07) is 16.0. The van der Waals surface area contributed by atoms with Crippen molar-refractivity contribution in [3.05, 3.63) is 70.5 Å². The van der Waals surface area contributed by atoms with Gasteiger partial charge in [0.25, 0.3) is 5.91 Å². The van der Waals surface area contributed by atoms with Crippen LogP contribution in [0.25, 0.3) is 10.9 Å². The summed E-state index contributed by atoms with van der Waals surface area (Å²) < 4.78 is 10.5. The van der Waals surface area contributed by atoms with Crippen molar-refractivity contribution in [1.29, 1.82) is 0 Å². The number of para-hydroxylation sites is 1. The minimum Gasteiger partial charge on any atom is -0.484 e. The second-order valence-electron chi connectivity index (χ2n) is 5.50. The Morgan fingerprint density at radius 3 is 2.68 bits per heavy atom. The predicted molar refractivity (Wildman–Crippen MR) is 95.8 cm³/mol. The summed E-state index contributed by atoms with van der Waals surface area (Å²) in [5, 5.41) is 3.63. The van der Waals surface area contributed by atoms with Crippen LogP contribution in [0.4, 0.5) is 5.69 Å². The molecule has 2 N–H and O–H groups in total. The van der Waals surface area contributed by atoms with Gasteiger partial charge in [0.15, 0.2) is 6.61 Å². The number of H-pyrrole nitrogens is 1. The number of aromatic nitrogens is 1. The van der Waals surface area contributed by atoms with Crippen LogP contribution in [0, 0.1) is 0 Å². The number of carbonyl (C=O) groups is 1. The predicted octanol–water partition coefficient (Wildman–Crippen LogP) is 2.69. The highest BCUT2D eigenvalue weighted by atomic mass is 16.5. The summed E-state index contributed by atoms with van der Waals surface area (Å²) in [7, 11) is 1.58. The lowest BCUT2D eigenvalue weighted by molar-refractivity contribution is -0.118. The molecule has 25 heavy (non-hydrogen) atoms. The van der Waals surface area contributed by atoms with E-state index in [9.17, 15) is 9.59 Å². The van der Waals surface area contributed by atoms with Gasteiger partial charge in [0.05, 0.1) is 12.1 Å². The standard InChI is InChI=1S/C19H18N2O4/c1-24-11-13-9-18(22)21-17-10-14(7-8-16(13)17)20-19(23)12-25-15-5-3-2-4-6-15/h2-10H,11-12H2,1H3,(H,20,23)(H,21,22). The van der Waals surface area contributed by atoms with Crippen LogP contribution < -0.4 is 15.6 Å². The third-order valence-corrected chi connectivity index (χ3v) is 3.63. The zero-order valence-corrected chi connectivity index (χ0v) is 13.7. The summed E-state index contributed by atoms with van der Waals surface area (Å²) in [5.74, 6) is 0.350. The maximum absolute atomic E-state index is 12.0. The fraction of sp³-hybridized carbons (Fsp3) is 0.158. The second-order valence-corrected chi connectivity index (χ2v) is 5.50. The average molecular weight is 338 g/mol. The Morgan fingerprint density at radius 1 is 1.12 bits per heavy atom. The lowest BCUT2D eigenvalue weighted by Gasteiger charge is -2.10. The summed E-state index contributed by atoms with van der Waals surface area (Å²) in [6.45, 7) is 0.249. The van der Waals surface area contributed by atoms with Gasteiger partial charge in [-0.05, 0) is 29.8 Å². The molecule has 0 atom stereocenters. The number of methoxy groups -OCH3 is 1. The van der Waals surface area contributed by atoms with E-state index in [1.807, 2.05) is 24.3 Å². The van der Waals surface area contributed by atoms with Gasteiger partial charge in [0.2, 0.25) is 5.56 Å². The molecule has 0 aliphatic carbocycles. The molecule has 0 aliphatic heterocycles. The molecule has 6 nitrogen and oxygen atoms in total. The van der Waals surface area contributed by atoms with Crippen molar-refractivity contribution in [2.24, 2.45) is 0 Å². The number of benzene rings is 2. The molecule has 1 heterocycles. The maximum Gasteiger partial charge on any atom is 0.262 e. The molecule has 6 heteroatoms. The van der Waals surface area contributed by atoms with E-state index >= 15 is 0 Å². The Kier molecular flexibility index (Phi) is 5.11. The Balaban J connectivity index is 1.73. The van der Waals surface area contributed by atoms with E-state index in [2.05, 4.69) is 10.3 Å². The van der Waals surface area contributed by atoms with Crippen LogP contribution in [-0.2, 0) is 16.1 Å². The number of fused-ring (bicyclic) bond motifs is 1. The molecule has 3 aromatic rings. The number of ether oxygens (including phenoxy) is 2. The molecular weight excluding hydrogens is 320 g/mol. The summed E-state index contributed by atoms with van der Waals surface area (Å²) in [4.78, 5) is 26.6. The summed E-state index contributed by atoms with van der Waals surface area (Å²) in [6.07, 6.45) is 0. The van der Waals surface area contributed by atoms with E-state index in [1.165, 1.54) is 6.07 Å². The molecule has 0 radical (unpaired) electrons. The lowest BCUT2D eigenvalue weighted by Crippen LogP contribution is -2.20. The van der Waals surface area contributed by atoms with Gasteiger partial charge in [0.1, 0.15) is 5.75 Å². The monoisotopic (exact) mass is 338 g/mol. The van der Waals surface area contributed by atoms with Crippen LogP contribution in [0.5, 0.6) is 5.75 Å². The normalized spacial score (nSPS) is 10.6. The largest absolute Gasteiger partial charge is 0.484 e. The number of rotatable bonds is 6. The van der Waals surface area contributed by atoms with E-state index in [0.29, 0.717) is 23.6 Å². The molecule has 0 spiro atoms. The molecule has 0 fully saturated rings. The van der Waals surface area contributed by atoms with Crippen LogP contribution in [0.3, 0.4) is 0 Å². The van der Waals surface area contributed by atoms with Crippen molar-refractivity contribution < 1.29 is 14.3 Å². The Hall–Kier alpha value is -3.12. The van der Waals surface area contributed by atoms with E-state index in [-0.39, 0.29) is 18.1 Å². The first-order chi connectivity index (χ1) is 12.2. The minimum absolute atomic E-state index is 0.0950. The molecule has 2 aromatic carbocycles. The molecule has 0 unspecified atom stereocenters. The Bertz CT molecular complexity index is 935. The van der Waals surface area contributed by atoms with Crippen LogP contribution in [0.2, 0.25) is 0 Å². The first-order valence-corrected chi connectivity index (χ1v) is 7.78. The highest BCUT2D eigenvalue weighted by Crippen LogP contribution is 2.20. The second kappa shape index (κ2) is 7.63. The van der Waals surface area contributed by atoms with Gasteiger partial charge in [-0.3, -0.25) is 9.59 Å². The number of carbonyl (C=O) groups excluding carboxylic acids is 1. The Morgan fingerprint density at radius 2 is 1.92 bits per heavy atom. The fourth-order valence-electron chi connectivity index (χ4n) is 2.55. The highest BCUT2D eigenvalue weighted by Gasteiger charge is 2.07. The highest BCUT2D eigenvalue weighted by molar-refractivity contribution is 5.94. The quantitative estimate of drug-likeness (QED) is 0.724. The van der Waals surface area contributed by atoms with Crippen molar-refractivity contribution in [1.82, 2.24) is 4.98 Å². The molecule has 1 aromatic heterocycles. The molecule has 0 aliphatic rings. The van der Waals surface area contributed by atoms with Gasteiger partial charge in [-0.15, -0.1) is 0 Å².